The van der Waals surface area contributed by atoms with Crippen molar-refractivity contribution in [2.24, 2.45) is 7.05 Å². The molecule has 1 N–H and O–H groups in total. The summed E-state index contributed by atoms with van der Waals surface area (Å²) >= 11 is 0. The number of pyridine rings is 1. The Kier molecular flexibility index (Phi) is 4.60. The van der Waals surface area contributed by atoms with Gasteiger partial charge in [0, 0.05) is 43.5 Å². The summed E-state index contributed by atoms with van der Waals surface area (Å²) in [5, 5.41) is 12.6. The number of aromatic nitrogens is 1. The van der Waals surface area contributed by atoms with Crippen molar-refractivity contribution >= 4 is 26.8 Å². The minimum atomic E-state index is -3.32. The first-order valence-corrected chi connectivity index (χ1v) is 12.4. The quantitative estimate of drug-likeness (QED) is 0.777. The van der Waals surface area contributed by atoms with E-state index in [4.69, 9.17) is 5.26 Å². The van der Waals surface area contributed by atoms with E-state index in [0.29, 0.717) is 28.8 Å². The van der Waals surface area contributed by atoms with E-state index >= 15 is 0 Å². The van der Waals surface area contributed by atoms with Crippen LogP contribution in [0.25, 0.3) is 11.3 Å². The van der Waals surface area contributed by atoms with E-state index in [1.165, 1.54) is 10.8 Å². The van der Waals surface area contributed by atoms with Gasteiger partial charge in [0.1, 0.15) is 0 Å². The van der Waals surface area contributed by atoms with Gasteiger partial charge in [0.15, 0.2) is 9.84 Å². The minimum absolute atomic E-state index is 0.0146. The fraction of sp³-hybridized carbons (Fsp3) is 0.250. The van der Waals surface area contributed by atoms with Gasteiger partial charge in [-0.3, -0.25) is 4.79 Å². The molecular weight excluding hydrogens is 424 g/mol. The number of hydrogen-bond acceptors (Lipinski definition) is 6. The number of nitriles is 1. The van der Waals surface area contributed by atoms with E-state index in [2.05, 4.69) is 16.3 Å². The molecule has 7 nitrogen and oxygen atoms in total. The summed E-state index contributed by atoms with van der Waals surface area (Å²) in [6.45, 7) is 0.691. The Morgan fingerprint density at radius 1 is 1.22 bits per heavy atom. The predicted octanol–water partition coefficient (Wildman–Crippen LogP) is 2.18. The van der Waals surface area contributed by atoms with Gasteiger partial charge in [-0.1, -0.05) is 0 Å². The summed E-state index contributed by atoms with van der Waals surface area (Å²) in [6.07, 6.45) is 7.65. The molecule has 0 amide bonds. The summed E-state index contributed by atoms with van der Waals surface area (Å²) in [7, 11) is -1.62. The zero-order chi connectivity index (χ0) is 22.6. The lowest BCUT2D eigenvalue weighted by Crippen LogP contribution is -2.38. The molecule has 0 spiro atoms. The first-order chi connectivity index (χ1) is 15.3. The lowest BCUT2D eigenvalue weighted by molar-refractivity contribution is 0.605. The highest BCUT2D eigenvalue weighted by molar-refractivity contribution is 7.91. The van der Waals surface area contributed by atoms with Crippen LogP contribution in [0, 0.1) is 11.3 Å². The highest BCUT2D eigenvalue weighted by Gasteiger charge is 2.38. The van der Waals surface area contributed by atoms with Crippen LogP contribution in [-0.2, 0) is 16.9 Å². The van der Waals surface area contributed by atoms with Crippen molar-refractivity contribution < 1.29 is 8.42 Å². The van der Waals surface area contributed by atoms with Gasteiger partial charge in [-0.15, -0.1) is 0 Å². The number of sulfone groups is 1. The highest BCUT2D eigenvalue weighted by Crippen LogP contribution is 2.43. The van der Waals surface area contributed by atoms with Gasteiger partial charge in [-0.05, 0) is 59.5 Å². The van der Waals surface area contributed by atoms with E-state index in [9.17, 15) is 13.2 Å². The van der Waals surface area contributed by atoms with Crippen molar-refractivity contribution in [1.29, 1.82) is 5.26 Å². The molecule has 0 fully saturated rings. The number of fused-ring (bicyclic) bond motifs is 2. The Morgan fingerprint density at radius 3 is 2.66 bits per heavy atom. The van der Waals surface area contributed by atoms with Crippen LogP contribution in [0.2, 0.25) is 0 Å². The van der Waals surface area contributed by atoms with Gasteiger partial charge < -0.3 is 14.8 Å². The number of anilines is 1. The Labute approximate surface area is 186 Å². The fourth-order valence-corrected chi connectivity index (χ4v) is 5.57. The molecule has 8 heteroatoms. The Balaban J connectivity index is 1.75. The van der Waals surface area contributed by atoms with Crippen molar-refractivity contribution in [2.75, 3.05) is 23.5 Å². The summed E-state index contributed by atoms with van der Waals surface area (Å²) in [5.74, 6) is -0.146. The van der Waals surface area contributed by atoms with E-state index in [-0.39, 0.29) is 17.4 Å². The number of nitrogens with one attached hydrogen (secondary N) is 1. The van der Waals surface area contributed by atoms with Crippen LogP contribution in [0.1, 0.15) is 23.1 Å². The number of allylic oxidation sites excluding steroid dienone is 1. The van der Waals surface area contributed by atoms with Gasteiger partial charge in [0.2, 0.25) is 0 Å². The Bertz CT molecular complexity index is 1440. The normalized spacial score (nSPS) is 19.3. The molecule has 0 saturated carbocycles. The molecule has 5 rings (SSSR count). The lowest BCUT2D eigenvalue weighted by atomic mass is 9.92. The minimum Gasteiger partial charge on any atom is -0.384 e. The second kappa shape index (κ2) is 7.24. The van der Waals surface area contributed by atoms with Crippen LogP contribution in [0.5, 0.6) is 0 Å². The molecule has 32 heavy (non-hydrogen) atoms. The molecule has 1 aromatic heterocycles. The fourth-order valence-electron chi connectivity index (χ4n) is 4.77. The average molecular weight is 447 g/mol. The van der Waals surface area contributed by atoms with Gasteiger partial charge in [-0.2, -0.15) is 5.26 Å². The summed E-state index contributed by atoms with van der Waals surface area (Å²) in [6, 6.07) is 11.4. The smallest absolute Gasteiger partial charge is 0.260 e. The zero-order valence-electron chi connectivity index (χ0n) is 17.8. The second-order valence-corrected chi connectivity index (χ2v) is 10.6. The molecule has 2 aliphatic heterocycles. The Hall–Kier alpha value is -3.57. The van der Waals surface area contributed by atoms with E-state index in [1.54, 1.807) is 25.4 Å². The summed E-state index contributed by atoms with van der Waals surface area (Å²) < 4.78 is 26.0. The monoisotopic (exact) mass is 446 g/mol. The van der Waals surface area contributed by atoms with Gasteiger partial charge in [0.05, 0.1) is 34.7 Å². The molecular formula is C24H22N4O3S. The van der Waals surface area contributed by atoms with E-state index in [1.807, 2.05) is 30.5 Å². The van der Waals surface area contributed by atoms with Crippen LogP contribution in [0.4, 0.5) is 5.69 Å². The first-order valence-electron chi connectivity index (χ1n) is 10.3. The predicted molar refractivity (Wildman–Crippen MR) is 124 cm³/mol. The molecule has 3 aliphatic rings. The molecule has 0 radical (unpaired) electrons. The van der Waals surface area contributed by atoms with Crippen molar-refractivity contribution in [2.45, 2.75) is 12.5 Å². The van der Waals surface area contributed by atoms with Crippen LogP contribution in [0.3, 0.4) is 0 Å². The zero-order valence-corrected chi connectivity index (χ0v) is 18.6. The molecule has 0 bridgehead atoms. The molecule has 1 atom stereocenters. The van der Waals surface area contributed by atoms with Gasteiger partial charge >= 0.3 is 0 Å². The largest absolute Gasteiger partial charge is 0.384 e. The molecule has 1 aromatic carbocycles. The molecule has 2 aromatic rings. The van der Waals surface area contributed by atoms with Crippen LogP contribution in [0.15, 0.2) is 64.7 Å². The molecule has 1 unspecified atom stereocenters. The third-order valence-electron chi connectivity index (χ3n) is 6.15. The topological polar surface area (TPSA) is 95.2 Å². The van der Waals surface area contributed by atoms with Crippen molar-refractivity contribution in [1.82, 2.24) is 9.88 Å². The lowest BCUT2D eigenvalue weighted by Gasteiger charge is -2.32. The number of hydrogen-bond donors (Lipinski definition) is 1. The Morgan fingerprint density at radius 2 is 1.97 bits per heavy atom. The van der Waals surface area contributed by atoms with Gasteiger partial charge in [-0.25, -0.2) is 8.42 Å². The van der Waals surface area contributed by atoms with Crippen LogP contribution in [-0.4, -0.2) is 37.6 Å². The molecule has 3 heterocycles. The average Bonchev–Trinajstić information content (AvgIpc) is 3.06. The summed E-state index contributed by atoms with van der Waals surface area (Å²) in [4.78, 5) is 15.4. The number of nitrogens with zero attached hydrogens (tertiary/aromatic N) is 3. The standard InChI is InChI=1S/C24H22N4O3S/c1-27-10-8-19-17(14-32(2,30)31)11-16-13-28(18-5-3-15(12-25)4-6-18)20-7-9-26-23(21(16)20)22(19)24(27)29/h3-6,8,10-11,13,20,26H,7,9,14H2,1-2H3. The number of benzene rings is 1. The van der Waals surface area contributed by atoms with Crippen molar-refractivity contribution in [3.63, 3.8) is 0 Å². The van der Waals surface area contributed by atoms with Gasteiger partial charge in [0.25, 0.3) is 5.56 Å². The van der Waals surface area contributed by atoms with E-state index < -0.39 is 9.84 Å². The maximum absolute atomic E-state index is 13.2. The van der Waals surface area contributed by atoms with E-state index in [0.717, 1.165) is 29.0 Å². The van der Waals surface area contributed by atoms with Crippen molar-refractivity contribution in [3.8, 4) is 6.07 Å². The number of rotatable bonds is 3. The molecule has 162 valence electrons. The molecule has 0 saturated heterocycles. The maximum Gasteiger partial charge on any atom is 0.260 e. The number of aryl methyl sites for hydroxylation is 1. The SMILES string of the molecule is Cn1ccc2c(c1=O)C1=C3C(=CN(c4ccc(C#N)cc4)C3CCN1)C=C2CS(C)(=O)=O. The third-order valence-corrected chi connectivity index (χ3v) is 6.99. The molecule has 1 aliphatic carbocycles. The second-order valence-electron chi connectivity index (χ2n) is 8.43. The highest BCUT2D eigenvalue weighted by atomic mass is 32.2. The maximum atomic E-state index is 13.2. The van der Waals surface area contributed by atoms with Crippen LogP contribution >= 0.6 is 0 Å². The first kappa shape index (κ1) is 20.3. The third kappa shape index (κ3) is 3.26. The van der Waals surface area contributed by atoms with Crippen molar-refractivity contribution in [3.05, 3.63) is 87.0 Å². The van der Waals surface area contributed by atoms with Crippen LogP contribution < -0.4 is 15.8 Å². The summed E-state index contributed by atoms with van der Waals surface area (Å²) in [5.41, 5.74) is 5.87.